The van der Waals surface area contributed by atoms with Gasteiger partial charge in [-0.3, -0.25) is 0 Å². The van der Waals surface area contributed by atoms with E-state index < -0.39 is 0 Å². The fourth-order valence-corrected chi connectivity index (χ4v) is 2.35. The molecule has 0 unspecified atom stereocenters. The van der Waals surface area contributed by atoms with Crippen molar-refractivity contribution in [3.8, 4) is 0 Å². The molecule has 3 N–H and O–H groups in total. The third kappa shape index (κ3) is 3.45. The summed E-state index contributed by atoms with van der Waals surface area (Å²) in [6, 6.07) is 9.82. The van der Waals surface area contributed by atoms with Gasteiger partial charge in [-0.25, -0.2) is 0 Å². The molecule has 1 saturated heterocycles. The predicted octanol–water partition coefficient (Wildman–Crippen LogP) is 1.84. The first-order chi connectivity index (χ1) is 8.31. The normalized spacial score (nSPS) is 18.2. The van der Waals surface area contributed by atoms with Crippen LogP contribution in [-0.4, -0.2) is 30.6 Å². The Morgan fingerprint density at radius 2 is 2.18 bits per heavy atom. The first kappa shape index (κ1) is 12.4. The van der Waals surface area contributed by atoms with E-state index in [4.69, 9.17) is 5.73 Å². The van der Waals surface area contributed by atoms with E-state index in [9.17, 15) is 0 Å². The molecule has 0 amide bonds. The molecular weight excluding hydrogens is 210 g/mol. The second kappa shape index (κ2) is 6.03. The molecule has 1 aromatic rings. The van der Waals surface area contributed by atoms with Gasteiger partial charge in [0.1, 0.15) is 0 Å². The van der Waals surface area contributed by atoms with Gasteiger partial charge in [0, 0.05) is 31.4 Å². The summed E-state index contributed by atoms with van der Waals surface area (Å²) in [6.45, 7) is 6.39. The van der Waals surface area contributed by atoms with E-state index in [1.54, 1.807) is 0 Å². The zero-order valence-corrected chi connectivity index (χ0v) is 10.6. The first-order valence-electron chi connectivity index (χ1n) is 6.50. The van der Waals surface area contributed by atoms with Crippen molar-refractivity contribution in [2.75, 3.05) is 25.0 Å². The second-order valence-electron chi connectivity index (χ2n) is 4.69. The summed E-state index contributed by atoms with van der Waals surface area (Å²) >= 11 is 0. The third-order valence-electron chi connectivity index (χ3n) is 3.49. The SMILES string of the molecule is CCN1CCC(Nc2c[c]cc(CN)c2)CC1. The van der Waals surface area contributed by atoms with Crippen LogP contribution < -0.4 is 11.1 Å². The van der Waals surface area contributed by atoms with Crippen LogP contribution in [0.4, 0.5) is 5.69 Å². The third-order valence-corrected chi connectivity index (χ3v) is 3.49. The minimum absolute atomic E-state index is 0.584. The lowest BCUT2D eigenvalue weighted by Gasteiger charge is -2.32. The number of rotatable bonds is 4. The molecule has 3 nitrogen and oxygen atoms in total. The largest absolute Gasteiger partial charge is 0.382 e. The van der Waals surface area contributed by atoms with Crippen molar-refractivity contribution >= 4 is 5.69 Å². The molecule has 0 saturated carbocycles. The Morgan fingerprint density at radius 3 is 2.82 bits per heavy atom. The van der Waals surface area contributed by atoms with E-state index in [0.29, 0.717) is 12.6 Å². The van der Waals surface area contributed by atoms with Crippen LogP contribution in [0.15, 0.2) is 18.2 Å². The summed E-state index contributed by atoms with van der Waals surface area (Å²) in [5, 5.41) is 3.59. The molecule has 93 valence electrons. The number of hydrogen-bond donors (Lipinski definition) is 2. The molecule has 1 radical (unpaired) electrons. The molecule has 3 heteroatoms. The Labute approximate surface area is 104 Å². The van der Waals surface area contributed by atoms with Crippen LogP contribution in [0, 0.1) is 6.07 Å². The first-order valence-corrected chi connectivity index (χ1v) is 6.50. The van der Waals surface area contributed by atoms with Crippen molar-refractivity contribution < 1.29 is 0 Å². The van der Waals surface area contributed by atoms with Gasteiger partial charge in [-0.2, -0.15) is 0 Å². The van der Waals surface area contributed by atoms with Crippen LogP contribution in [0.1, 0.15) is 25.3 Å². The highest BCUT2D eigenvalue weighted by Gasteiger charge is 2.17. The van der Waals surface area contributed by atoms with Crippen molar-refractivity contribution in [1.29, 1.82) is 0 Å². The fourth-order valence-electron chi connectivity index (χ4n) is 2.35. The van der Waals surface area contributed by atoms with Gasteiger partial charge >= 0.3 is 0 Å². The molecule has 1 heterocycles. The predicted molar refractivity (Wildman–Crippen MR) is 71.9 cm³/mol. The van der Waals surface area contributed by atoms with E-state index in [1.165, 1.54) is 32.5 Å². The van der Waals surface area contributed by atoms with Gasteiger partial charge in [-0.15, -0.1) is 0 Å². The Kier molecular flexibility index (Phi) is 4.40. The molecule has 1 aromatic carbocycles. The van der Waals surface area contributed by atoms with Gasteiger partial charge in [0.25, 0.3) is 0 Å². The van der Waals surface area contributed by atoms with Crippen molar-refractivity contribution in [1.82, 2.24) is 4.90 Å². The maximum atomic E-state index is 5.63. The highest BCUT2D eigenvalue weighted by Crippen LogP contribution is 2.17. The molecule has 1 aliphatic heterocycles. The number of nitrogens with zero attached hydrogens (tertiary/aromatic N) is 1. The summed E-state index contributed by atoms with van der Waals surface area (Å²) in [7, 11) is 0. The molecule has 0 aliphatic carbocycles. The van der Waals surface area contributed by atoms with E-state index in [1.807, 2.05) is 12.1 Å². The Hall–Kier alpha value is -1.06. The number of nitrogens with two attached hydrogens (primary N) is 1. The quantitative estimate of drug-likeness (QED) is 0.832. The number of benzene rings is 1. The van der Waals surface area contributed by atoms with Crippen molar-refractivity contribution in [3.05, 3.63) is 29.8 Å². The monoisotopic (exact) mass is 232 g/mol. The summed E-state index contributed by atoms with van der Waals surface area (Å²) in [5.74, 6) is 0. The number of hydrogen-bond acceptors (Lipinski definition) is 3. The highest BCUT2D eigenvalue weighted by molar-refractivity contribution is 5.46. The summed E-state index contributed by atoms with van der Waals surface area (Å²) < 4.78 is 0. The van der Waals surface area contributed by atoms with Gasteiger partial charge in [-0.05, 0) is 49.2 Å². The van der Waals surface area contributed by atoms with E-state index in [0.717, 1.165) is 11.3 Å². The lowest BCUT2D eigenvalue weighted by Crippen LogP contribution is -2.38. The standard InChI is InChI=1S/C14H22N3/c1-2-17-8-6-13(7-9-17)16-14-5-3-4-12(10-14)11-15/h4-5,10,13,16H,2,6-9,11,15H2,1H3. The highest BCUT2D eigenvalue weighted by atomic mass is 15.1. The van der Waals surface area contributed by atoms with Crippen LogP contribution >= 0.6 is 0 Å². The molecule has 0 aromatic heterocycles. The van der Waals surface area contributed by atoms with Gasteiger partial charge in [0.15, 0.2) is 0 Å². The second-order valence-corrected chi connectivity index (χ2v) is 4.69. The van der Waals surface area contributed by atoms with Crippen molar-refractivity contribution in [2.45, 2.75) is 32.4 Å². The summed E-state index contributed by atoms with van der Waals surface area (Å²) in [5.41, 5.74) is 7.93. The molecular formula is C14H22N3. The molecule has 17 heavy (non-hydrogen) atoms. The van der Waals surface area contributed by atoms with Gasteiger partial charge in [0.2, 0.25) is 0 Å². The van der Waals surface area contributed by atoms with Crippen molar-refractivity contribution in [3.63, 3.8) is 0 Å². The van der Waals surface area contributed by atoms with Crippen LogP contribution in [0.3, 0.4) is 0 Å². The molecule has 1 aliphatic rings. The van der Waals surface area contributed by atoms with E-state index in [-0.39, 0.29) is 0 Å². The Bertz CT molecular complexity index is 343. The summed E-state index contributed by atoms with van der Waals surface area (Å²) in [4.78, 5) is 2.50. The topological polar surface area (TPSA) is 41.3 Å². The van der Waals surface area contributed by atoms with Gasteiger partial charge in [-0.1, -0.05) is 6.92 Å². The maximum absolute atomic E-state index is 5.63. The number of nitrogens with one attached hydrogen (secondary N) is 1. The van der Waals surface area contributed by atoms with E-state index in [2.05, 4.69) is 29.3 Å². The molecule has 1 fully saturated rings. The van der Waals surface area contributed by atoms with Crippen LogP contribution in [0.5, 0.6) is 0 Å². The van der Waals surface area contributed by atoms with Crippen molar-refractivity contribution in [2.24, 2.45) is 5.73 Å². The lowest BCUT2D eigenvalue weighted by atomic mass is 10.0. The average Bonchev–Trinajstić information content (AvgIpc) is 2.40. The van der Waals surface area contributed by atoms with E-state index >= 15 is 0 Å². The zero-order valence-electron chi connectivity index (χ0n) is 10.6. The van der Waals surface area contributed by atoms with Crippen LogP contribution in [0.2, 0.25) is 0 Å². The van der Waals surface area contributed by atoms with Gasteiger partial charge in [0.05, 0.1) is 0 Å². The Balaban J connectivity index is 1.88. The molecule has 0 atom stereocenters. The number of likely N-dealkylation sites (tertiary alicyclic amines) is 1. The Morgan fingerprint density at radius 1 is 1.41 bits per heavy atom. The minimum Gasteiger partial charge on any atom is -0.382 e. The summed E-state index contributed by atoms with van der Waals surface area (Å²) in [6.07, 6.45) is 2.45. The molecule has 0 bridgehead atoms. The molecule has 0 spiro atoms. The number of anilines is 1. The fraction of sp³-hybridized carbons (Fsp3) is 0.571. The van der Waals surface area contributed by atoms with Crippen LogP contribution in [0.25, 0.3) is 0 Å². The number of piperidine rings is 1. The van der Waals surface area contributed by atoms with Gasteiger partial charge < -0.3 is 16.0 Å². The minimum atomic E-state index is 0.584. The molecule has 2 rings (SSSR count). The van der Waals surface area contributed by atoms with Crippen LogP contribution in [-0.2, 0) is 6.54 Å². The smallest absolute Gasteiger partial charge is 0.0351 e. The maximum Gasteiger partial charge on any atom is 0.0351 e. The zero-order chi connectivity index (χ0) is 12.1. The lowest BCUT2D eigenvalue weighted by molar-refractivity contribution is 0.229. The average molecular weight is 232 g/mol.